The standard InChI is InChI=1S/C16H19NO5/c1-10-8-17(9-14(22-10)16(19)20)15(18)7-11-2-3-13-12(6-11)4-5-21-13/h2-3,6,10,14H,4-5,7-9H2,1H3,(H,19,20)/t10-,14?/m1/s1. The van der Waals surface area contributed by atoms with Gasteiger partial charge in [0.25, 0.3) is 0 Å². The van der Waals surface area contributed by atoms with Gasteiger partial charge in [0, 0.05) is 13.0 Å². The maximum Gasteiger partial charge on any atom is 0.334 e. The lowest BCUT2D eigenvalue weighted by molar-refractivity contribution is -0.166. The first-order valence-electron chi connectivity index (χ1n) is 7.43. The predicted octanol–water partition coefficient (Wildman–Crippen LogP) is 0.865. The van der Waals surface area contributed by atoms with Crippen molar-refractivity contribution in [3.8, 4) is 5.75 Å². The van der Waals surface area contributed by atoms with Crippen LogP contribution in [-0.4, -0.2) is 53.8 Å². The molecule has 2 atom stereocenters. The lowest BCUT2D eigenvalue weighted by Crippen LogP contribution is -2.52. The molecule has 2 aliphatic rings. The molecule has 118 valence electrons. The van der Waals surface area contributed by atoms with Crippen molar-refractivity contribution in [2.75, 3.05) is 19.7 Å². The Balaban J connectivity index is 1.67. The van der Waals surface area contributed by atoms with Crippen molar-refractivity contribution < 1.29 is 24.2 Å². The zero-order valence-electron chi connectivity index (χ0n) is 12.4. The number of rotatable bonds is 3. The van der Waals surface area contributed by atoms with E-state index < -0.39 is 12.1 Å². The molecule has 0 aromatic heterocycles. The van der Waals surface area contributed by atoms with Gasteiger partial charge in [-0.25, -0.2) is 4.79 Å². The molecule has 0 saturated carbocycles. The number of carboxylic acid groups (broad SMARTS) is 1. The van der Waals surface area contributed by atoms with Crippen LogP contribution >= 0.6 is 0 Å². The van der Waals surface area contributed by atoms with E-state index in [1.54, 1.807) is 11.8 Å². The minimum absolute atomic E-state index is 0.0692. The molecule has 3 rings (SSSR count). The van der Waals surface area contributed by atoms with Gasteiger partial charge >= 0.3 is 5.97 Å². The molecule has 22 heavy (non-hydrogen) atoms. The van der Waals surface area contributed by atoms with Crippen LogP contribution in [0.1, 0.15) is 18.1 Å². The van der Waals surface area contributed by atoms with E-state index in [0.29, 0.717) is 13.2 Å². The van der Waals surface area contributed by atoms with Gasteiger partial charge < -0.3 is 19.5 Å². The first kappa shape index (κ1) is 14.8. The molecule has 6 heteroatoms. The maximum atomic E-state index is 12.4. The van der Waals surface area contributed by atoms with E-state index in [9.17, 15) is 9.59 Å². The van der Waals surface area contributed by atoms with E-state index in [-0.39, 0.29) is 25.0 Å². The Labute approximate surface area is 128 Å². The van der Waals surface area contributed by atoms with Gasteiger partial charge in [-0.05, 0) is 24.1 Å². The SMILES string of the molecule is C[C@@H]1CN(C(=O)Cc2ccc3c(c2)CCO3)CC(C(=O)O)O1. The summed E-state index contributed by atoms with van der Waals surface area (Å²) < 4.78 is 10.8. The Kier molecular flexibility index (Phi) is 4.02. The number of ether oxygens (including phenoxy) is 2. The Morgan fingerprint density at radius 2 is 2.18 bits per heavy atom. The summed E-state index contributed by atoms with van der Waals surface area (Å²) in [6.07, 6.45) is -0.0762. The van der Waals surface area contributed by atoms with Gasteiger partial charge in [-0.3, -0.25) is 4.79 Å². The van der Waals surface area contributed by atoms with E-state index in [2.05, 4.69) is 0 Å². The second-order valence-corrected chi connectivity index (χ2v) is 5.79. The molecule has 1 unspecified atom stereocenters. The number of hydrogen-bond donors (Lipinski definition) is 1. The highest BCUT2D eigenvalue weighted by molar-refractivity contribution is 5.80. The average Bonchev–Trinajstić information content (AvgIpc) is 2.94. The number of benzene rings is 1. The van der Waals surface area contributed by atoms with Crippen molar-refractivity contribution >= 4 is 11.9 Å². The number of amides is 1. The molecule has 1 amide bonds. The minimum atomic E-state index is -1.03. The van der Waals surface area contributed by atoms with Crippen LogP contribution in [0.15, 0.2) is 18.2 Å². The van der Waals surface area contributed by atoms with Gasteiger partial charge in [-0.2, -0.15) is 0 Å². The number of aliphatic carboxylic acids is 1. The van der Waals surface area contributed by atoms with Gasteiger partial charge in [0.05, 0.1) is 25.7 Å². The molecule has 2 heterocycles. The van der Waals surface area contributed by atoms with E-state index in [0.717, 1.165) is 23.3 Å². The topological polar surface area (TPSA) is 76.1 Å². The summed E-state index contributed by atoms with van der Waals surface area (Å²) in [4.78, 5) is 25.1. The Morgan fingerprint density at radius 3 is 2.95 bits per heavy atom. The van der Waals surface area contributed by atoms with E-state index in [4.69, 9.17) is 14.6 Å². The number of hydrogen-bond acceptors (Lipinski definition) is 4. The monoisotopic (exact) mass is 305 g/mol. The van der Waals surface area contributed by atoms with Gasteiger partial charge in [-0.1, -0.05) is 12.1 Å². The van der Waals surface area contributed by atoms with Crippen molar-refractivity contribution in [1.29, 1.82) is 0 Å². The van der Waals surface area contributed by atoms with Crippen LogP contribution in [0.3, 0.4) is 0 Å². The third-order valence-electron chi connectivity index (χ3n) is 4.00. The number of carbonyl (C=O) groups is 2. The second kappa shape index (κ2) is 5.96. The van der Waals surface area contributed by atoms with Gasteiger partial charge in [0.15, 0.2) is 6.10 Å². The highest BCUT2D eigenvalue weighted by Gasteiger charge is 2.32. The predicted molar refractivity (Wildman–Crippen MR) is 77.9 cm³/mol. The first-order valence-corrected chi connectivity index (χ1v) is 7.43. The normalized spacial score (nSPS) is 23.8. The number of morpholine rings is 1. The largest absolute Gasteiger partial charge is 0.493 e. The van der Waals surface area contributed by atoms with E-state index in [1.165, 1.54) is 0 Å². The zero-order valence-corrected chi connectivity index (χ0v) is 12.4. The van der Waals surface area contributed by atoms with Gasteiger partial charge in [-0.15, -0.1) is 0 Å². The fourth-order valence-corrected chi connectivity index (χ4v) is 2.93. The molecule has 0 spiro atoms. The molecule has 0 aliphatic carbocycles. The molecule has 2 aliphatic heterocycles. The molecule has 0 radical (unpaired) electrons. The van der Waals surface area contributed by atoms with Crippen LogP contribution in [0, 0.1) is 0 Å². The zero-order chi connectivity index (χ0) is 15.7. The molecule has 1 saturated heterocycles. The number of nitrogens with zero attached hydrogens (tertiary/aromatic N) is 1. The Bertz CT molecular complexity index is 600. The smallest absolute Gasteiger partial charge is 0.334 e. The van der Waals surface area contributed by atoms with E-state index >= 15 is 0 Å². The van der Waals surface area contributed by atoms with Crippen molar-refractivity contribution in [3.63, 3.8) is 0 Å². The van der Waals surface area contributed by atoms with Crippen LogP contribution in [0.4, 0.5) is 0 Å². The minimum Gasteiger partial charge on any atom is -0.493 e. The van der Waals surface area contributed by atoms with Crippen LogP contribution < -0.4 is 4.74 Å². The lowest BCUT2D eigenvalue weighted by atomic mass is 10.1. The number of carboxylic acids is 1. The van der Waals surface area contributed by atoms with Crippen molar-refractivity contribution in [2.45, 2.75) is 32.0 Å². The van der Waals surface area contributed by atoms with Crippen LogP contribution in [0.5, 0.6) is 5.75 Å². The van der Waals surface area contributed by atoms with E-state index in [1.807, 2.05) is 18.2 Å². The highest BCUT2D eigenvalue weighted by Crippen LogP contribution is 2.26. The molecule has 1 fully saturated rings. The maximum absolute atomic E-state index is 12.4. The summed E-state index contributed by atoms with van der Waals surface area (Å²) in [5.41, 5.74) is 2.06. The summed E-state index contributed by atoms with van der Waals surface area (Å²) in [6.45, 7) is 3.00. The lowest BCUT2D eigenvalue weighted by Gasteiger charge is -2.35. The molecule has 6 nitrogen and oxygen atoms in total. The fraction of sp³-hybridized carbons (Fsp3) is 0.500. The van der Waals surface area contributed by atoms with Crippen LogP contribution in [0.2, 0.25) is 0 Å². The molecule has 0 bridgehead atoms. The average molecular weight is 305 g/mol. The third-order valence-corrected chi connectivity index (χ3v) is 4.00. The number of fused-ring (bicyclic) bond motifs is 1. The van der Waals surface area contributed by atoms with Crippen molar-refractivity contribution in [1.82, 2.24) is 4.90 Å². The molecule has 1 aromatic carbocycles. The van der Waals surface area contributed by atoms with Crippen molar-refractivity contribution in [3.05, 3.63) is 29.3 Å². The van der Waals surface area contributed by atoms with Crippen LogP contribution in [-0.2, 0) is 27.2 Å². The third kappa shape index (κ3) is 3.06. The molecular weight excluding hydrogens is 286 g/mol. The van der Waals surface area contributed by atoms with Crippen LogP contribution in [0.25, 0.3) is 0 Å². The summed E-state index contributed by atoms with van der Waals surface area (Å²) in [5.74, 6) is -0.207. The number of carbonyl (C=O) groups excluding carboxylic acids is 1. The quantitative estimate of drug-likeness (QED) is 0.896. The highest BCUT2D eigenvalue weighted by atomic mass is 16.5. The second-order valence-electron chi connectivity index (χ2n) is 5.79. The molecular formula is C16H19NO5. The summed E-state index contributed by atoms with van der Waals surface area (Å²) in [6, 6.07) is 5.78. The molecule has 1 N–H and O–H groups in total. The molecule has 1 aromatic rings. The van der Waals surface area contributed by atoms with Crippen molar-refractivity contribution in [2.24, 2.45) is 0 Å². The van der Waals surface area contributed by atoms with Gasteiger partial charge in [0.2, 0.25) is 5.91 Å². The van der Waals surface area contributed by atoms with Gasteiger partial charge in [0.1, 0.15) is 5.75 Å². The fourth-order valence-electron chi connectivity index (χ4n) is 2.93. The Hall–Kier alpha value is -2.08. The summed E-state index contributed by atoms with van der Waals surface area (Å²) in [5, 5.41) is 9.07. The summed E-state index contributed by atoms with van der Waals surface area (Å²) in [7, 11) is 0. The summed E-state index contributed by atoms with van der Waals surface area (Å²) >= 11 is 0. The Morgan fingerprint density at radius 1 is 1.36 bits per heavy atom. The first-order chi connectivity index (χ1) is 10.5.